The summed E-state index contributed by atoms with van der Waals surface area (Å²) in [6.45, 7) is 2.88. The monoisotopic (exact) mass is 418 g/mol. The number of benzene rings is 1. The zero-order chi connectivity index (χ0) is 21.4. The normalized spacial score (nSPS) is 14.2. The molecule has 1 saturated heterocycles. The molecule has 4 heterocycles. The number of hydrogen-bond acceptors (Lipinski definition) is 7. The van der Waals surface area contributed by atoms with Gasteiger partial charge in [0.2, 0.25) is 5.88 Å². The van der Waals surface area contributed by atoms with Gasteiger partial charge in [-0.2, -0.15) is 10.1 Å². The topological polar surface area (TPSA) is 98.2 Å². The fourth-order valence-electron chi connectivity index (χ4n) is 3.82. The molecule has 0 spiro atoms. The zero-order valence-electron chi connectivity index (χ0n) is 17.3. The lowest BCUT2D eigenvalue weighted by atomic mass is 10.1. The van der Waals surface area contributed by atoms with E-state index >= 15 is 0 Å². The Bertz CT molecular complexity index is 1290. The van der Waals surface area contributed by atoms with Gasteiger partial charge in [-0.3, -0.25) is 4.79 Å². The van der Waals surface area contributed by atoms with Gasteiger partial charge in [0, 0.05) is 25.7 Å². The zero-order valence-corrected chi connectivity index (χ0v) is 17.3. The molecule has 1 aromatic carbocycles. The fraction of sp³-hybridized carbons (Fsp3) is 0.273. The first-order valence-corrected chi connectivity index (χ1v) is 10.1. The van der Waals surface area contributed by atoms with Gasteiger partial charge in [-0.1, -0.05) is 30.3 Å². The molecule has 1 aliphatic heterocycles. The summed E-state index contributed by atoms with van der Waals surface area (Å²) in [5.41, 5.74) is 2.32. The summed E-state index contributed by atoms with van der Waals surface area (Å²) >= 11 is 0. The van der Waals surface area contributed by atoms with Crippen molar-refractivity contribution in [3.63, 3.8) is 0 Å². The molecule has 0 saturated carbocycles. The maximum atomic E-state index is 13.1. The van der Waals surface area contributed by atoms with Crippen LogP contribution in [0, 0.1) is 0 Å². The van der Waals surface area contributed by atoms with Crippen molar-refractivity contribution >= 4 is 16.9 Å². The number of morpholine rings is 1. The standard InChI is InChI=1S/C22H22N6O3/c1-27-20-17(18(26-27)14-6-4-3-5-7-14)21(29)25-19(24-20)15-8-9-16(23-22(15)30-2)28-10-12-31-13-11-28/h3-9H,10-13H2,1-2H3,(H,24,25,29). The Morgan fingerprint density at radius 3 is 2.58 bits per heavy atom. The van der Waals surface area contributed by atoms with E-state index in [1.165, 1.54) is 0 Å². The minimum atomic E-state index is -0.258. The van der Waals surface area contributed by atoms with Crippen LogP contribution in [0.15, 0.2) is 47.3 Å². The second kappa shape index (κ2) is 7.84. The van der Waals surface area contributed by atoms with Crippen molar-refractivity contribution in [1.82, 2.24) is 24.7 Å². The maximum absolute atomic E-state index is 13.1. The number of anilines is 1. The number of aromatic nitrogens is 5. The second-order valence-corrected chi connectivity index (χ2v) is 7.28. The minimum Gasteiger partial charge on any atom is -0.480 e. The quantitative estimate of drug-likeness (QED) is 0.543. The van der Waals surface area contributed by atoms with Gasteiger partial charge >= 0.3 is 0 Å². The Kier molecular flexibility index (Phi) is 4.87. The molecule has 3 aromatic heterocycles. The van der Waals surface area contributed by atoms with Crippen molar-refractivity contribution in [3.8, 4) is 28.5 Å². The van der Waals surface area contributed by atoms with Gasteiger partial charge in [0.1, 0.15) is 22.7 Å². The number of hydrogen-bond donors (Lipinski definition) is 1. The Morgan fingerprint density at radius 2 is 1.84 bits per heavy atom. The van der Waals surface area contributed by atoms with Crippen LogP contribution in [0.3, 0.4) is 0 Å². The molecule has 4 aromatic rings. The van der Waals surface area contributed by atoms with Crippen molar-refractivity contribution < 1.29 is 9.47 Å². The van der Waals surface area contributed by atoms with Crippen molar-refractivity contribution in [2.75, 3.05) is 38.3 Å². The Hall–Kier alpha value is -3.72. The van der Waals surface area contributed by atoms with E-state index in [9.17, 15) is 4.79 Å². The summed E-state index contributed by atoms with van der Waals surface area (Å²) in [7, 11) is 3.34. The number of fused-ring (bicyclic) bond motifs is 1. The van der Waals surface area contributed by atoms with Gasteiger partial charge in [-0.05, 0) is 12.1 Å². The van der Waals surface area contributed by atoms with E-state index in [-0.39, 0.29) is 5.56 Å². The maximum Gasteiger partial charge on any atom is 0.262 e. The van der Waals surface area contributed by atoms with E-state index in [0.717, 1.165) is 24.5 Å². The van der Waals surface area contributed by atoms with Crippen molar-refractivity contribution in [2.45, 2.75) is 0 Å². The highest BCUT2D eigenvalue weighted by Crippen LogP contribution is 2.30. The summed E-state index contributed by atoms with van der Waals surface area (Å²) < 4.78 is 12.6. The molecule has 0 atom stereocenters. The third-order valence-corrected chi connectivity index (χ3v) is 5.37. The number of nitrogens with zero attached hydrogens (tertiary/aromatic N) is 5. The Balaban J connectivity index is 1.61. The molecular weight excluding hydrogens is 396 g/mol. The average Bonchev–Trinajstić information content (AvgIpc) is 3.16. The molecule has 9 heteroatoms. The second-order valence-electron chi connectivity index (χ2n) is 7.28. The molecular formula is C22H22N6O3. The van der Waals surface area contributed by atoms with E-state index < -0.39 is 0 Å². The molecule has 31 heavy (non-hydrogen) atoms. The Labute approximate surface area is 178 Å². The number of ether oxygens (including phenoxy) is 2. The molecule has 0 unspecified atom stereocenters. The smallest absolute Gasteiger partial charge is 0.262 e. The number of nitrogens with one attached hydrogen (secondary N) is 1. The highest BCUT2D eigenvalue weighted by molar-refractivity contribution is 5.91. The summed E-state index contributed by atoms with van der Waals surface area (Å²) in [6, 6.07) is 13.4. The largest absolute Gasteiger partial charge is 0.480 e. The van der Waals surface area contributed by atoms with Crippen LogP contribution in [0.4, 0.5) is 5.82 Å². The molecule has 1 aliphatic rings. The predicted octanol–water partition coefficient (Wildman–Crippen LogP) is 2.23. The first kappa shape index (κ1) is 19.3. The molecule has 1 N–H and O–H groups in total. The van der Waals surface area contributed by atoms with Gasteiger partial charge in [0.25, 0.3) is 5.56 Å². The third-order valence-electron chi connectivity index (χ3n) is 5.37. The third kappa shape index (κ3) is 3.42. The lowest BCUT2D eigenvalue weighted by Gasteiger charge is -2.28. The summed E-state index contributed by atoms with van der Waals surface area (Å²) in [5.74, 6) is 1.59. The number of rotatable bonds is 4. The van der Waals surface area contributed by atoms with Crippen LogP contribution in [0.1, 0.15) is 0 Å². The van der Waals surface area contributed by atoms with Crippen LogP contribution in [0.25, 0.3) is 33.7 Å². The molecule has 0 amide bonds. The van der Waals surface area contributed by atoms with Gasteiger partial charge in [0.05, 0.1) is 25.9 Å². The van der Waals surface area contributed by atoms with Crippen LogP contribution in [0.2, 0.25) is 0 Å². The SMILES string of the molecule is COc1nc(N2CCOCC2)ccc1-c1nc2c(c(-c3ccccc3)nn2C)c(=O)[nH]1. The first-order chi connectivity index (χ1) is 15.2. The number of aryl methyl sites for hydroxylation is 1. The number of pyridine rings is 1. The van der Waals surface area contributed by atoms with Gasteiger partial charge in [-0.25, -0.2) is 9.67 Å². The van der Waals surface area contributed by atoms with Crippen LogP contribution >= 0.6 is 0 Å². The van der Waals surface area contributed by atoms with E-state index in [1.807, 2.05) is 42.5 Å². The van der Waals surface area contributed by atoms with Crippen LogP contribution in [-0.4, -0.2) is 58.1 Å². The average molecular weight is 418 g/mol. The van der Waals surface area contributed by atoms with E-state index in [0.29, 0.717) is 47.2 Å². The highest BCUT2D eigenvalue weighted by Gasteiger charge is 2.20. The number of methoxy groups -OCH3 is 1. The first-order valence-electron chi connectivity index (χ1n) is 10.1. The van der Waals surface area contributed by atoms with Gasteiger partial charge < -0.3 is 19.4 Å². The van der Waals surface area contributed by atoms with Gasteiger partial charge in [-0.15, -0.1) is 0 Å². The van der Waals surface area contributed by atoms with E-state index in [4.69, 9.17) is 14.5 Å². The van der Waals surface area contributed by atoms with Gasteiger partial charge in [0.15, 0.2) is 5.65 Å². The minimum absolute atomic E-state index is 0.258. The summed E-state index contributed by atoms with van der Waals surface area (Å²) in [4.78, 5) is 27.4. The summed E-state index contributed by atoms with van der Waals surface area (Å²) in [5, 5.41) is 5.00. The van der Waals surface area contributed by atoms with Crippen molar-refractivity contribution in [3.05, 3.63) is 52.8 Å². The molecule has 5 rings (SSSR count). The van der Waals surface area contributed by atoms with E-state index in [2.05, 4.69) is 20.0 Å². The molecule has 158 valence electrons. The van der Waals surface area contributed by atoms with E-state index in [1.54, 1.807) is 18.8 Å². The van der Waals surface area contributed by atoms with Crippen LogP contribution in [-0.2, 0) is 11.8 Å². The molecule has 0 aliphatic carbocycles. The predicted molar refractivity (Wildman–Crippen MR) is 117 cm³/mol. The molecule has 0 bridgehead atoms. The molecule has 1 fully saturated rings. The molecule has 0 radical (unpaired) electrons. The fourth-order valence-corrected chi connectivity index (χ4v) is 3.82. The lowest BCUT2D eigenvalue weighted by Crippen LogP contribution is -2.36. The van der Waals surface area contributed by atoms with Crippen LogP contribution < -0.4 is 15.2 Å². The summed E-state index contributed by atoms with van der Waals surface area (Å²) in [6.07, 6.45) is 0. The van der Waals surface area contributed by atoms with Crippen LogP contribution in [0.5, 0.6) is 5.88 Å². The lowest BCUT2D eigenvalue weighted by molar-refractivity contribution is 0.122. The number of H-pyrrole nitrogens is 1. The van der Waals surface area contributed by atoms with Crippen molar-refractivity contribution in [1.29, 1.82) is 0 Å². The molecule has 9 nitrogen and oxygen atoms in total. The Morgan fingerprint density at radius 1 is 1.06 bits per heavy atom. The highest BCUT2D eigenvalue weighted by atomic mass is 16.5. The number of aromatic amines is 1. The van der Waals surface area contributed by atoms with Crippen molar-refractivity contribution in [2.24, 2.45) is 7.05 Å².